The minimum absolute atomic E-state index is 0.103. The second-order valence-electron chi connectivity index (χ2n) is 8.55. The molecule has 0 aromatic heterocycles. The Balaban J connectivity index is 1.53. The van der Waals surface area contributed by atoms with Gasteiger partial charge in [-0.15, -0.1) is 0 Å². The third kappa shape index (κ3) is 6.82. The summed E-state index contributed by atoms with van der Waals surface area (Å²) in [7, 11) is 3.34. The van der Waals surface area contributed by atoms with Crippen LogP contribution >= 0.6 is 0 Å². The van der Waals surface area contributed by atoms with Gasteiger partial charge in [0.2, 0.25) is 0 Å². The van der Waals surface area contributed by atoms with E-state index in [1.165, 1.54) is 36.4 Å². The van der Waals surface area contributed by atoms with E-state index in [9.17, 15) is 9.59 Å². The summed E-state index contributed by atoms with van der Waals surface area (Å²) in [6, 6.07) is 15.4. The van der Waals surface area contributed by atoms with Crippen molar-refractivity contribution in [3.63, 3.8) is 0 Å². The number of para-hydroxylation sites is 1. The molecule has 1 N–H and O–H groups in total. The Morgan fingerprint density at radius 2 is 1.81 bits per heavy atom. The van der Waals surface area contributed by atoms with Crippen molar-refractivity contribution in [3.8, 4) is 5.75 Å². The lowest BCUT2D eigenvalue weighted by Crippen LogP contribution is -2.33. The summed E-state index contributed by atoms with van der Waals surface area (Å²) in [6.45, 7) is 5.97. The number of rotatable bonds is 8. The van der Waals surface area contributed by atoms with Crippen LogP contribution in [0, 0.1) is 5.92 Å². The number of piperidine rings is 1. The smallest absolute Gasteiger partial charge is 0.259 e. The maximum absolute atomic E-state index is 12.7. The van der Waals surface area contributed by atoms with E-state index in [1.807, 2.05) is 0 Å². The standard InChI is InChI=1S/C25H33N3O3/c1-19-7-6-14-28(16-19)17-21-12-10-20(11-13-21)15-26-25(30)22-8-4-5-9-23(22)31-18-24(29)27(2)3/h4-5,8-13,19H,6-7,14-18H2,1-3H3,(H,26,30). The summed E-state index contributed by atoms with van der Waals surface area (Å²) in [5.41, 5.74) is 2.77. The first-order valence-electron chi connectivity index (χ1n) is 10.9. The van der Waals surface area contributed by atoms with Gasteiger partial charge in [-0.2, -0.15) is 0 Å². The number of amides is 2. The van der Waals surface area contributed by atoms with Crippen molar-refractivity contribution in [3.05, 3.63) is 65.2 Å². The first-order chi connectivity index (χ1) is 14.9. The molecule has 0 aliphatic carbocycles. The highest BCUT2D eigenvalue weighted by Crippen LogP contribution is 2.19. The molecule has 1 unspecified atom stereocenters. The largest absolute Gasteiger partial charge is 0.483 e. The molecule has 2 aromatic rings. The highest BCUT2D eigenvalue weighted by Gasteiger charge is 2.16. The first-order valence-corrected chi connectivity index (χ1v) is 10.9. The minimum atomic E-state index is -0.223. The third-order valence-corrected chi connectivity index (χ3v) is 5.60. The maximum atomic E-state index is 12.7. The Kier molecular flexibility index (Phi) is 8.06. The Hall–Kier alpha value is -2.86. The molecule has 1 saturated heterocycles. The van der Waals surface area contributed by atoms with Crippen LogP contribution in [0.2, 0.25) is 0 Å². The van der Waals surface area contributed by atoms with E-state index in [0.29, 0.717) is 17.9 Å². The van der Waals surface area contributed by atoms with Gasteiger partial charge in [0, 0.05) is 33.7 Å². The van der Waals surface area contributed by atoms with E-state index in [-0.39, 0.29) is 18.4 Å². The second-order valence-corrected chi connectivity index (χ2v) is 8.55. The average molecular weight is 424 g/mol. The van der Waals surface area contributed by atoms with Gasteiger partial charge in [0.15, 0.2) is 6.61 Å². The number of benzene rings is 2. The average Bonchev–Trinajstić information content (AvgIpc) is 2.77. The zero-order valence-electron chi connectivity index (χ0n) is 18.8. The van der Waals surface area contributed by atoms with Crippen LogP contribution in [0.25, 0.3) is 0 Å². The van der Waals surface area contributed by atoms with Gasteiger partial charge >= 0.3 is 0 Å². The quantitative estimate of drug-likeness (QED) is 0.708. The van der Waals surface area contributed by atoms with Crippen molar-refractivity contribution < 1.29 is 14.3 Å². The van der Waals surface area contributed by atoms with Gasteiger partial charge in [0.1, 0.15) is 5.75 Å². The fourth-order valence-electron chi connectivity index (χ4n) is 3.78. The molecule has 2 amide bonds. The number of carbonyl (C=O) groups is 2. The van der Waals surface area contributed by atoms with Crippen LogP contribution in [0.5, 0.6) is 5.75 Å². The Bertz CT molecular complexity index is 880. The lowest BCUT2D eigenvalue weighted by atomic mass is 9.99. The topological polar surface area (TPSA) is 61.9 Å². The van der Waals surface area contributed by atoms with E-state index in [1.54, 1.807) is 38.4 Å². The van der Waals surface area contributed by atoms with Gasteiger partial charge in [-0.25, -0.2) is 0 Å². The van der Waals surface area contributed by atoms with Crippen LogP contribution in [0.15, 0.2) is 48.5 Å². The van der Waals surface area contributed by atoms with Crippen LogP contribution in [-0.2, 0) is 17.9 Å². The van der Waals surface area contributed by atoms with Crippen molar-refractivity contribution in [1.82, 2.24) is 15.1 Å². The summed E-state index contributed by atoms with van der Waals surface area (Å²) in [4.78, 5) is 28.4. The van der Waals surface area contributed by atoms with Crippen molar-refractivity contribution >= 4 is 11.8 Å². The molecule has 1 aliphatic rings. The van der Waals surface area contributed by atoms with Crippen molar-refractivity contribution in [2.45, 2.75) is 32.9 Å². The number of likely N-dealkylation sites (N-methyl/N-ethyl adjacent to an activating group) is 1. The predicted molar refractivity (Wildman–Crippen MR) is 122 cm³/mol. The summed E-state index contributed by atoms with van der Waals surface area (Å²) in [5.74, 6) is 0.797. The molecule has 166 valence electrons. The second kappa shape index (κ2) is 11.0. The molecular formula is C25H33N3O3. The lowest BCUT2D eigenvalue weighted by Gasteiger charge is -2.30. The molecule has 2 aromatic carbocycles. The molecule has 6 nitrogen and oxygen atoms in total. The highest BCUT2D eigenvalue weighted by atomic mass is 16.5. The van der Waals surface area contributed by atoms with Crippen molar-refractivity contribution in [1.29, 1.82) is 0 Å². The van der Waals surface area contributed by atoms with E-state index in [2.05, 4.69) is 41.4 Å². The van der Waals surface area contributed by atoms with Crippen LogP contribution in [0.4, 0.5) is 0 Å². The number of likely N-dealkylation sites (tertiary alicyclic amines) is 1. The number of hydrogen-bond donors (Lipinski definition) is 1. The van der Waals surface area contributed by atoms with Crippen molar-refractivity contribution in [2.24, 2.45) is 5.92 Å². The maximum Gasteiger partial charge on any atom is 0.259 e. The van der Waals surface area contributed by atoms with Gasteiger partial charge in [-0.3, -0.25) is 14.5 Å². The fourth-order valence-corrected chi connectivity index (χ4v) is 3.78. The van der Waals surface area contributed by atoms with E-state index in [4.69, 9.17) is 4.74 Å². The van der Waals surface area contributed by atoms with E-state index in [0.717, 1.165) is 18.0 Å². The molecule has 1 aliphatic heterocycles. The highest BCUT2D eigenvalue weighted by molar-refractivity contribution is 5.97. The molecule has 0 bridgehead atoms. The molecule has 3 rings (SSSR count). The molecule has 0 radical (unpaired) electrons. The molecule has 0 spiro atoms. The molecule has 1 heterocycles. The zero-order valence-corrected chi connectivity index (χ0v) is 18.8. The molecule has 1 fully saturated rings. The van der Waals surface area contributed by atoms with Crippen LogP contribution in [0.3, 0.4) is 0 Å². The summed E-state index contributed by atoms with van der Waals surface area (Å²) < 4.78 is 5.57. The van der Waals surface area contributed by atoms with Gasteiger partial charge in [-0.05, 0) is 48.6 Å². The van der Waals surface area contributed by atoms with Crippen LogP contribution < -0.4 is 10.1 Å². The monoisotopic (exact) mass is 423 g/mol. The van der Waals surface area contributed by atoms with Crippen LogP contribution in [0.1, 0.15) is 41.3 Å². The summed E-state index contributed by atoms with van der Waals surface area (Å²) in [6.07, 6.45) is 2.61. The Morgan fingerprint density at radius 3 is 2.52 bits per heavy atom. The number of nitrogens with one attached hydrogen (secondary N) is 1. The fraction of sp³-hybridized carbons (Fsp3) is 0.440. The van der Waals surface area contributed by atoms with Gasteiger partial charge < -0.3 is 15.0 Å². The number of ether oxygens (including phenoxy) is 1. The number of nitrogens with zero attached hydrogens (tertiary/aromatic N) is 2. The normalized spacial score (nSPS) is 16.5. The molecule has 31 heavy (non-hydrogen) atoms. The van der Waals surface area contributed by atoms with Crippen LogP contribution in [-0.4, -0.2) is 55.4 Å². The molecule has 6 heteroatoms. The van der Waals surface area contributed by atoms with E-state index < -0.39 is 0 Å². The van der Waals surface area contributed by atoms with Gasteiger partial charge in [-0.1, -0.05) is 43.3 Å². The molecule has 0 saturated carbocycles. The predicted octanol–water partition coefficient (Wildman–Crippen LogP) is 3.32. The van der Waals surface area contributed by atoms with Crippen molar-refractivity contribution in [2.75, 3.05) is 33.8 Å². The summed E-state index contributed by atoms with van der Waals surface area (Å²) >= 11 is 0. The van der Waals surface area contributed by atoms with Gasteiger partial charge in [0.25, 0.3) is 11.8 Å². The van der Waals surface area contributed by atoms with E-state index >= 15 is 0 Å². The Labute approximate surface area is 185 Å². The van der Waals surface area contributed by atoms with Gasteiger partial charge in [0.05, 0.1) is 5.56 Å². The zero-order chi connectivity index (χ0) is 22.2. The summed E-state index contributed by atoms with van der Waals surface area (Å²) in [5, 5.41) is 2.95. The molecular weight excluding hydrogens is 390 g/mol. The molecule has 1 atom stereocenters. The SMILES string of the molecule is CC1CCCN(Cc2ccc(CNC(=O)c3ccccc3OCC(=O)N(C)C)cc2)C1. The number of hydrogen-bond acceptors (Lipinski definition) is 4. The minimum Gasteiger partial charge on any atom is -0.483 e. The Morgan fingerprint density at radius 1 is 1.10 bits per heavy atom. The lowest BCUT2D eigenvalue weighted by molar-refractivity contribution is -0.130. The third-order valence-electron chi connectivity index (χ3n) is 5.60. The first kappa shape index (κ1) is 22.8. The number of carbonyl (C=O) groups excluding carboxylic acids is 2.